The van der Waals surface area contributed by atoms with E-state index in [-0.39, 0.29) is 7.33 Å². The molecule has 0 saturated carbocycles. The summed E-state index contributed by atoms with van der Waals surface area (Å²) in [6.45, 7) is 2.13. The van der Waals surface area contributed by atoms with Gasteiger partial charge in [-0.3, -0.25) is 4.79 Å². The molecule has 9 heavy (non-hydrogen) atoms. The average Bonchev–Trinajstić information content (AvgIpc) is 1.89. The van der Waals surface area contributed by atoms with E-state index in [1.54, 1.807) is 7.05 Å². The summed E-state index contributed by atoms with van der Waals surface area (Å²) in [5.74, 6) is 0.156. The number of hydrogen-bond donors (Lipinski definition) is 1. The molecular weight excluding hydrogens is 114 g/mol. The molecule has 0 unspecified atom stereocenters. The highest BCUT2D eigenvalue weighted by Crippen LogP contribution is 1.97. The van der Waals surface area contributed by atoms with Crippen LogP contribution in [0.2, 0.25) is 0 Å². The summed E-state index contributed by atoms with van der Waals surface area (Å²) in [6.07, 6.45) is 4.05. The first-order valence-electron chi connectivity index (χ1n) is 3.51. The predicted octanol–water partition coefficient (Wildman–Crippen LogP) is 1.56. The number of carbonyl (C=O) groups is 1. The molecule has 56 valence electrons. The van der Waals surface area contributed by atoms with Crippen molar-refractivity contribution in [1.82, 2.24) is 5.32 Å². The van der Waals surface area contributed by atoms with Gasteiger partial charge in [0.15, 0.2) is 0 Å². The van der Waals surface area contributed by atoms with E-state index in [9.17, 15) is 4.79 Å². The average molecular weight is 131 g/mol. The van der Waals surface area contributed by atoms with Crippen LogP contribution in [0.3, 0.4) is 0 Å². The van der Waals surface area contributed by atoms with Crippen LogP contribution in [0.15, 0.2) is 0 Å². The molecule has 0 aliphatic heterocycles. The van der Waals surface area contributed by atoms with E-state index < -0.39 is 0 Å². The SMILES string of the molecule is CCCCCC(=O)NC.[HH]. The molecule has 0 saturated heterocycles. The van der Waals surface area contributed by atoms with Crippen molar-refractivity contribution < 1.29 is 6.22 Å². The molecule has 2 heteroatoms. The van der Waals surface area contributed by atoms with Gasteiger partial charge in [0.05, 0.1) is 0 Å². The van der Waals surface area contributed by atoms with Gasteiger partial charge < -0.3 is 5.32 Å². The van der Waals surface area contributed by atoms with E-state index in [0.29, 0.717) is 6.42 Å². The molecule has 0 aromatic rings. The normalized spacial score (nSPS) is 9.11. The Hall–Kier alpha value is -0.530. The van der Waals surface area contributed by atoms with Crippen molar-refractivity contribution in [3.8, 4) is 0 Å². The molecule has 0 aromatic heterocycles. The second-order valence-electron chi connectivity index (χ2n) is 2.13. The van der Waals surface area contributed by atoms with Gasteiger partial charge in [-0.2, -0.15) is 0 Å². The Morgan fingerprint density at radius 2 is 2.22 bits per heavy atom. The Bertz CT molecular complexity index is 85.7. The van der Waals surface area contributed by atoms with Gasteiger partial charge in [-0.05, 0) is 6.42 Å². The minimum absolute atomic E-state index is 0. The third-order valence-electron chi connectivity index (χ3n) is 1.29. The van der Waals surface area contributed by atoms with Crippen molar-refractivity contribution in [2.45, 2.75) is 32.6 Å². The minimum atomic E-state index is 0. The highest BCUT2D eigenvalue weighted by atomic mass is 16.1. The van der Waals surface area contributed by atoms with E-state index in [1.807, 2.05) is 0 Å². The zero-order chi connectivity index (χ0) is 7.11. The largest absolute Gasteiger partial charge is 0.359 e. The second kappa shape index (κ2) is 5.60. The molecular formula is C7H17NO. The zero-order valence-corrected chi connectivity index (χ0v) is 6.24. The number of unbranched alkanes of at least 4 members (excludes halogenated alkanes) is 2. The van der Waals surface area contributed by atoms with Crippen LogP contribution in [-0.2, 0) is 4.79 Å². The smallest absolute Gasteiger partial charge is 0.219 e. The Labute approximate surface area is 58.1 Å². The fourth-order valence-corrected chi connectivity index (χ4v) is 0.661. The summed E-state index contributed by atoms with van der Waals surface area (Å²) in [5.41, 5.74) is 0. The van der Waals surface area contributed by atoms with Gasteiger partial charge in [0.1, 0.15) is 0 Å². The Morgan fingerprint density at radius 1 is 1.56 bits per heavy atom. The Kier molecular flexibility index (Phi) is 5.27. The second-order valence-corrected chi connectivity index (χ2v) is 2.13. The third kappa shape index (κ3) is 5.34. The van der Waals surface area contributed by atoms with Crippen molar-refractivity contribution >= 4 is 5.91 Å². The van der Waals surface area contributed by atoms with Crippen LogP contribution in [0, 0.1) is 0 Å². The van der Waals surface area contributed by atoms with Crippen molar-refractivity contribution in [2.24, 2.45) is 0 Å². The van der Waals surface area contributed by atoms with Gasteiger partial charge in [-0.15, -0.1) is 0 Å². The van der Waals surface area contributed by atoms with Gasteiger partial charge >= 0.3 is 0 Å². The van der Waals surface area contributed by atoms with Crippen LogP contribution in [0.4, 0.5) is 0 Å². The minimum Gasteiger partial charge on any atom is -0.359 e. The molecule has 0 aromatic carbocycles. The maximum atomic E-state index is 10.6. The van der Waals surface area contributed by atoms with E-state index in [1.165, 1.54) is 6.42 Å². The lowest BCUT2D eigenvalue weighted by Gasteiger charge is -1.96. The number of carbonyl (C=O) groups excluding carboxylic acids is 1. The molecule has 1 amide bonds. The highest BCUT2D eigenvalue weighted by molar-refractivity contribution is 5.75. The maximum absolute atomic E-state index is 10.6. The van der Waals surface area contributed by atoms with Crippen LogP contribution < -0.4 is 5.32 Å². The Balaban J connectivity index is 0. The number of amides is 1. The van der Waals surface area contributed by atoms with Gasteiger partial charge in [0, 0.05) is 14.9 Å². The topological polar surface area (TPSA) is 29.1 Å². The van der Waals surface area contributed by atoms with Gasteiger partial charge in [-0.25, -0.2) is 0 Å². The molecule has 0 radical (unpaired) electrons. The van der Waals surface area contributed by atoms with E-state index >= 15 is 0 Å². The van der Waals surface area contributed by atoms with Crippen LogP contribution in [0.25, 0.3) is 0 Å². The summed E-state index contributed by atoms with van der Waals surface area (Å²) < 4.78 is 0. The van der Waals surface area contributed by atoms with E-state index in [4.69, 9.17) is 0 Å². The molecule has 0 spiro atoms. The lowest BCUT2D eigenvalue weighted by Crippen LogP contribution is -2.16. The number of rotatable bonds is 4. The quantitative estimate of drug-likeness (QED) is 0.576. The summed E-state index contributed by atoms with van der Waals surface area (Å²) in [7, 11) is 1.67. The molecule has 2 nitrogen and oxygen atoms in total. The third-order valence-corrected chi connectivity index (χ3v) is 1.29. The summed E-state index contributed by atoms with van der Waals surface area (Å²) >= 11 is 0. The zero-order valence-electron chi connectivity index (χ0n) is 6.24. The van der Waals surface area contributed by atoms with Crippen molar-refractivity contribution in [2.75, 3.05) is 7.05 Å². The lowest BCUT2D eigenvalue weighted by atomic mass is 10.2. The van der Waals surface area contributed by atoms with Crippen LogP contribution >= 0.6 is 0 Å². The standard InChI is InChI=1S/C7H15NO.H2/c1-3-4-5-6-7(9)8-2;/h3-6H2,1-2H3,(H,8,9);1H. The van der Waals surface area contributed by atoms with Crippen LogP contribution in [0.5, 0.6) is 0 Å². The van der Waals surface area contributed by atoms with E-state index in [0.717, 1.165) is 12.8 Å². The molecule has 0 atom stereocenters. The molecule has 0 aliphatic rings. The van der Waals surface area contributed by atoms with Crippen molar-refractivity contribution in [3.05, 3.63) is 0 Å². The number of hydrogen-bond acceptors (Lipinski definition) is 1. The summed E-state index contributed by atoms with van der Waals surface area (Å²) in [6, 6.07) is 0. The van der Waals surface area contributed by atoms with Gasteiger partial charge in [0.2, 0.25) is 5.91 Å². The van der Waals surface area contributed by atoms with Crippen LogP contribution in [-0.4, -0.2) is 13.0 Å². The summed E-state index contributed by atoms with van der Waals surface area (Å²) in [4.78, 5) is 10.6. The molecule has 0 bridgehead atoms. The Morgan fingerprint density at radius 3 is 2.67 bits per heavy atom. The van der Waals surface area contributed by atoms with Gasteiger partial charge in [-0.1, -0.05) is 19.8 Å². The predicted molar refractivity (Wildman–Crippen MR) is 40.3 cm³/mol. The fourth-order valence-electron chi connectivity index (χ4n) is 0.661. The van der Waals surface area contributed by atoms with Crippen LogP contribution in [0.1, 0.15) is 34.0 Å². The van der Waals surface area contributed by atoms with E-state index in [2.05, 4.69) is 12.2 Å². The lowest BCUT2D eigenvalue weighted by molar-refractivity contribution is -0.120. The summed E-state index contributed by atoms with van der Waals surface area (Å²) in [5, 5.41) is 2.58. The maximum Gasteiger partial charge on any atom is 0.219 e. The first-order chi connectivity index (χ1) is 4.31. The molecule has 0 rings (SSSR count). The first kappa shape index (κ1) is 8.47. The van der Waals surface area contributed by atoms with Gasteiger partial charge in [0.25, 0.3) is 0 Å². The van der Waals surface area contributed by atoms with Crippen molar-refractivity contribution in [3.63, 3.8) is 0 Å². The first-order valence-corrected chi connectivity index (χ1v) is 3.51. The molecule has 0 heterocycles. The molecule has 1 N–H and O–H groups in total. The highest BCUT2D eigenvalue weighted by Gasteiger charge is 1.94. The fraction of sp³-hybridized carbons (Fsp3) is 0.857. The molecule has 0 aliphatic carbocycles. The number of nitrogens with one attached hydrogen (secondary N) is 1. The molecule has 0 fully saturated rings. The monoisotopic (exact) mass is 131 g/mol. The van der Waals surface area contributed by atoms with Crippen molar-refractivity contribution in [1.29, 1.82) is 0 Å².